The number of likely N-dealkylation sites (tertiary alicyclic amines) is 1. The molecule has 3 heterocycles. The lowest BCUT2D eigenvalue weighted by Gasteiger charge is -2.39. The molecule has 9 nitrogen and oxygen atoms in total. The number of aromatic nitrogens is 2. The average Bonchev–Trinajstić information content (AvgIpc) is 3.24. The van der Waals surface area contributed by atoms with Crippen molar-refractivity contribution in [1.29, 1.82) is 0 Å². The molecule has 0 aliphatic carbocycles. The summed E-state index contributed by atoms with van der Waals surface area (Å²) in [5, 5.41) is 0. The van der Waals surface area contributed by atoms with Gasteiger partial charge in [0.25, 0.3) is 0 Å². The maximum Gasteiger partial charge on any atom is 0.410 e. The fourth-order valence-electron chi connectivity index (χ4n) is 4.61. The summed E-state index contributed by atoms with van der Waals surface area (Å²) in [6.07, 6.45) is 2.20. The number of imidazole rings is 1. The summed E-state index contributed by atoms with van der Waals surface area (Å²) in [5.74, 6) is 0.769. The highest BCUT2D eigenvalue weighted by atomic mass is 16.6. The van der Waals surface area contributed by atoms with Crippen LogP contribution in [0.3, 0.4) is 0 Å². The van der Waals surface area contributed by atoms with Crippen LogP contribution in [-0.2, 0) is 20.7 Å². The van der Waals surface area contributed by atoms with E-state index in [4.69, 9.17) is 4.74 Å². The number of piperidine rings is 1. The van der Waals surface area contributed by atoms with Gasteiger partial charge in [0.15, 0.2) is 0 Å². The number of carbonyl (C=O) groups excluding carboxylic acids is 3. The number of carbonyl (C=O) groups is 3. The fourth-order valence-corrected chi connectivity index (χ4v) is 4.61. The van der Waals surface area contributed by atoms with Crippen molar-refractivity contribution in [3.05, 3.63) is 30.1 Å². The maximum atomic E-state index is 13.1. The van der Waals surface area contributed by atoms with Gasteiger partial charge in [0.1, 0.15) is 11.4 Å². The number of rotatable bonds is 4. The molecule has 2 fully saturated rings. The Balaban J connectivity index is 1.25. The van der Waals surface area contributed by atoms with E-state index in [2.05, 4.69) is 9.97 Å². The number of benzene rings is 1. The molecule has 1 aromatic heterocycles. The second kappa shape index (κ2) is 10.0. The van der Waals surface area contributed by atoms with Gasteiger partial charge in [-0.2, -0.15) is 0 Å². The molecule has 184 valence electrons. The van der Waals surface area contributed by atoms with E-state index in [-0.39, 0.29) is 23.8 Å². The molecule has 34 heavy (non-hydrogen) atoms. The van der Waals surface area contributed by atoms with Crippen molar-refractivity contribution in [3.63, 3.8) is 0 Å². The first-order chi connectivity index (χ1) is 16.2. The van der Waals surface area contributed by atoms with Gasteiger partial charge in [-0.3, -0.25) is 9.59 Å². The summed E-state index contributed by atoms with van der Waals surface area (Å²) < 4.78 is 5.43. The van der Waals surface area contributed by atoms with Crippen LogP contribution in [-0.4, -0.2) is 87.4 Å². The van der Waals surface area contributed by atoms with Crippen molar-refractivity contribution >= 4 is 28.9 Å². The molecule has 1 aromatic carbocycles. The van der Waals surface area contributed by atoms with E-state index in [1.807, 2.05) is 54.8 Å². The molecule has 2 saturated heterocycles. The van der Waals surface area contributed by atoms with Gasteiger partial charge in [0.2, 0.25) is 11.8 Å². The van der Waals surface area contributed by atoms with Crippen molar-refractivity contribution in [3.8, 4) is 0 Å². The quantitative estimate of drug-likeness (QED) is 0.742. The maximum absolute atomic E-state index is 13.1. The van der Waals surface area contributed by atoms with Gasteiger partial charge in [-0.25, -0.2) is 9.78 Å². The van der Waals surface area contributed by atoms with Crippen LogP contribution in [0, 0.1) is 5.92 Å². The van der Waals surface area contributed by atoms with E-state index >= 15 is 0 Å². The highest BCUT2D eigenvalue weighted by Gasteiger charge is 2.34. The third-order valence-corrected chi connectivity index (χ3v) is 6.38. The number of hydrogen-bond donors (Lipinski definition) is 1. The molecular weight excluding hydrogens is 434 g/mol. The van der Waals surface area contributed by atoms with Crippen LogP contribution in [0.4, 0.5) is 4.79 Å². The predicted molar refractivity (Wildman–Crippen MR) is 128 cm³/mol. The largest absolute Gasteiger partial charge is 0.444 e. The zero-order valence-electron chi connectivity index (χ0n) is 20.4. The van der Waals surface area contributed by atoms with E-state index < -0.39 is 5.60 Å². The molecule has 0 saturated carbocycles. The topological polar surface area (TPSA) is 98.8 Å². The summed E-state index contributed by atoms with van der Waals surface area (Å²) in [6.45, 7) is 8.61. The minimum absolute atomic E-state index is 0.0627. The van der Waals surface area contributed by atoms with Crippen molar-refractivity contribution in [2.75, 3.05) is 39.3 Å². The molecular formula is C25H35N5O4. The number of H-pyrrole nitrogens is 1. The molecule has 0 spiro atoms. The smallest absolute Gasteiger partial charge is 0.410 e. The Morgan fingerprint density at radius 2 is 1.74 bits per heavy atom. The van der Waals surface area contributed by atoms with Crippen LogP contribution in [0.1, 0.15) is 45.9 Å². The third kappa shape index (κ3) is 5.87. The number of para-hydroxylation sites is 2. The molecule has 0 radical (unpaired) electrons. The van der Waals surface area contributed by atoms with Crippen LogP contribution < -0.4 is 0 Å². The summed E-state index contributed by atoms with van der Waals surface area (Å²) in [7, 11) is 0. The van der Waals surface area contributed by atoms with Crippen molar-refractivity contribution in [2.45, 2.75) is 52.1 Å². The summed E-state index contributed by atoms with van der Waals surface area (Å²) in [6, 6.07) is 7.82. The van der Waals surface area contributed by atoms with Gasteiger partial charge in [-0.1, -0.05) is 12.1 Å². The summed E-state index contributed by atoms with van der Waals surface area (Å²) in [4.78, 5) is 51.4. The highest BCUT2D eigenvalue weighted by molar-refractivity contribution is 5.82. The Kier molecular flexibility index (Phi) is 7.09. The number of ether oxygens (including phenoxy) is 1. The zero-order valence-corrected chi connectivity index (χ0v) is 20.4. The molecule has 0 unspecified atom stereocenters. The number of hydrogen-bond acceptors (Lipinski definition) is 5. The number of amides is 3. The van der Waals surface area contributed by atoms with E-state index in [9.17, 15) is 14.4 Å². The molecule has 0 bridgehead atoms. The number of nitrogens with zero attached hydrogens (tertiary/aromatic N) is 4. The number of aromatic amines is 1. The second-order valence-electron chi connectivity index (χ2n) is 10.2. The summed E-state index contributed by atoms with van der Waals surface area (Å²) in [5.41, 5.74) is 1.34. The number of piperazine rings is 1. The monoisotopic (exact) mass is 469 g/mol. The molecule has 2 aliphatic rings. The molecule has 4 rings (SSSR count). The number of nitrogens with one attached hydrogen (secondary N) is 1. The van der Waals surface area contributed by atoms with E-state index in [0.29, 0.717) is 52.1 Å². The lowest BCUT2D eigenvalue weighted by atomic mass is 9.95. The molecule has 2 aliphatic heterocycles. The first-order valence-electron chi connectivity index (χ1n) is 12.2. The van der Waals surface area contributed by atoms with E-state index in [1.165, 1.54) is 0 Å². The van der Waals surface area contributed by atoms with E-state index in [1.54, 1.807) is 4.90 Å². The fraction of sp³-hybridized carbons (Fsp3) is 0.600. The summed E-state index contributed by atoms with van der Waals surface area (Å²) >= 11 is 0. The Hall–Kier alpha value is -3.10. The second-order valence-corrected chi connectivity index (χ2v) is 10.2. The Bertz CT molecular complexity index is 1000. The average molecular weight is 470 g/mol. The normalized spacial score (nSPS) is 19.4. The third-order valence-electron chi connectivity index (χ3n) is 6.38. The Morgan fingerprint density at radius 1 is 1.03 bits per heavy atom. The van der Waals surface area contributed by atoms with Crippen molar-refractivity contribution in [2.24, 2.45) is 5.92 Å². The van der Waals surface area contributed by atoms with Gasteiger partial charge in [-0.15, -0.1) is 0 Å². The number of aryl methyl sites for hydroxylation is 1. The van der Waals surface area contributed by atoms with Crippen molar-refractivity contribution < 1.29 is 19.1 Å². The van der Waals surface area contributed by atoms with Crippen LogP contribution in [0.2, 0.25) is 0 Å². The van der Waals surface area contributed by atoms with Crippen LogP contribution in [0.5, 0.6) is 0 Å². The van der Waals surface area contributed by atoms with Gasteiger partial charge < -0.3 is 24.4 Å². The Morgan fingerprint density at radius 3 is 2.44 bits per heavy atom. The minimum Gasteiger partial charge on any atom is -0.444 e. The van der Waals surface area contributed by atoms with Gasteiger partial charge >= 0.3 is 6.09 Å². The molecule has 1 N–H and O–H groups in total. The van der Waals surface area contributed by atoms with Crippen LogP contribution in [0.15, 0.2) is 24.3 Å². The Labute approximate surface area is 200 Å². The van der Waals surface area contributed by atoms with Gasteiger partial charge in [0, 0.05) is 52.1 Å². The SMILES string of the molecule is CC(C)(C)OC(=O)N1CCN(C(=O)[C@@H]2CCCN(C(=O)CCc3nc4ccccc4[nH]3)C2)CC1. The molecule has 9 heteroatoms. The first kappa shape index (κ1) is 24.0. The lowest BCUT2D eigenvalue weighted by molar-refractivity contribution is -0.142. The zero-order chi connectivity index (χ0) is 24.3. The highest BCUT2D eigenvalue weighted by Crippen LogP contribution is 2.21. The molecule has 2 aromatic rings. The van der Waals surface area contributed by atoms with Gasteiger partial charge in [-0.05, 0) is 45.7 Å². The minimum atomic E-state index is -0.535. The predicted octanol–water partition coefficient (Wildman–Crippen LogP) is 2.81. The first-order valence-corrected chi connectivity index (χ1v) is 12.2. The molecule has 1 atom stereocenters. The number of fused-ring (bicyclic) bond motifs is 1. The van der Waals surface area contributed by atoms with Gasteiger partial charge in [0.05, 0.1) is 17.0 Å². The van der Waals surface area contributed by atoms with Crippen molar-refractivity contribution in [1.82, 2.24) is 24.7 Å². The van der Waals surface area contributed by atoms with Crippen LogP contribution >= 0.6 is 0 Å². The standard InChI is InChI=1S/C25H35N5O4/c1-25(2,3)34-24(33)29-15-13-28(14-16-29)23(32)18-7-6-12-30(17-18)22(31)11-10-21-26-19-8-4-5-9-20(19)27-21/h4-5,8-9,18H,6-7,10-17H2,1-3H3,(H,26,27)/t18-/m1/s1. The molecule has 3 amide bonds. The van der Waals surface area contributed by atoms with E-state index in [0.717, 1.165) is 29.7 Å². The van der Waals surface area contributed by atoms with Crippen LogP contribution in [0.25, 0.3) is 11.0 Å². The lowest BCUT2D eigenvalue weighted by Crippen LogP contribution is -2.54.